The Kier molecular flexibility index (Phi) is 10.6. The number of phenolic OH excluding ortho intramolecular Hbond substituents is 2. The van der Waals surface area contributed by atoms with Crippen LogP contribution in [-0.4, -0.2) is 24.1 Å². The van der Waals surface area contributed by atoms with Crippen LogP contribution in [0.25, 0.3) is 105 Å². The molecule has 0 saturated carbocycles. The van der Waals surface area contributed by atoms with E-state index in [9.17, 15) is 31.8 Å². The fourth-order valence-electron chi connectivity index (χ4n) is 8.66. The van der Waals surface area contributed by atoms with E-state index in [4.69, 9.17) is 4.18 Å². The molecule has 4 aromatic heterocycles. The zero-order valence-electron chi connectivity index (χ0n) is 32.3. The minimum Gasteiger partial charge on any atom is -1.00 e. The number of hydrogen-bond donors (Lipinski definition) is 2. The molecule has 0 aliphatic carbocycles. The molecule has 0 atom stereocenters. The molecule has 0 aliphatic heterocycles. The number of fused-ring (bicyclic) bond motifs is 18. The van der Waals surface area contributed by atoms with Gasteiger partial charge >= 0.3 is 67.0 Å². The number of alkyl halides is 3. The molecule has 2 N–H and O–H groups in total. The van der Waals surface area contributed by atoms with E-state index in [0.717, 1.165) is 89.0 Å². The van der Waals surface area contributed by atoms with Crippen molar-refractivity contribution in [2.24, 2.45) is 0 Å². The normalized spacial score (nSPS) is 12.3. The molecule has 0 saturated heterocycles. The predicted octanol–water partition coefficient (Wildman–Crippen LogP) is 12.9. The van der Waals surface area contributed by atoms with Gasteiger partial charge < -0.3 is 15.8 Å². The van der Waals surface area contributed by atoms with Gasteiger partial charge in [0.05, 0.1) is 0 Å². The molecule has 0 unspecified atom stereocenters. The van der Waals surface area contributed by atoms with Crippen LogP contribution in [-0.2, 0) is 10.1 Å². The Bertz CT molecular complexity index is 3770. The van der Waals surface area contributed by atoms with Crippen LogP contribution >= 0.6 is 45.3 Å². The molecule has 8 aromatic carbocycles. The van der Waals surface area contributed by atoms with E-state index < -0.39 is 15.6 Å². The van der Waals surface area contributed by atoms with Crippen LogP contribution < -0.4 is 55.6 Å². The molecule has 0 radical (unpaired) electrons. The van der Waals surface area contributed by atoms with Gasteiger partial charge in [-0.2, -0.15) is 21.6 Å². The Morgan fingerprint density at radius 1 is 0.492 bits per heavy atom. The molecular weight excluding hydrogens is 901 g/mol. The molecule has 0 amide bonds. The van der Waals surface area contributed by atoms with Crippen LogP contribution in [0.2, 0.25) is 0 Å². The molecule has 14 heteroatoms. The van der Waals surface area contributed by atoms with Crippen LogP contribution in [0.4, 0.5) is 13.2 Å². The molecule has 5 nitrogen and oxygen atoms in total. The summed E-state index contributed by atoms with van der Waals surface area (Å²) in [7, 11) is -5.84. The van der Waals surface area contributed by atoms with E-state index >= 15 is 0 Å². The summed E-state index contributed by atoms with van der Waals surface area (Å²) < 4.78 is 72.6. The third-order valence-corrected chi connectivity index (χ3v) is 15.6. The van der Waals surface area contributed by atoms with Gasteiger partial charge in [0.25, 0.3) is 0 Å². The van der Waals surface area contributed by atoms with Crippen LogP contribution in [0, 0.1) is 6.92 Å². The minimum absolute atomic E-state index is 0. The van der Waals surface area contributed by atoms with Gasteiger partial charge in [0.15, 0.2) is 5.75 Å². The van der Waals surface area contributed by atoms with Crippen molar-refractivity contribution in [3.63, 3.8) is 0 Å². The third-order valence-electron chi connectivity index (χ3n) is 11.1. The zero-order chi connectivity index (χ0) is 40.5. The first-order chi connectivity index (χ1) is 28.4. The first-order valence-corrected chi connectivity index (χ1v) is 23.0. The summed E-state index contributed by atoms with van der Waals surface area (Å²) in [4.78, 5) is 0. The molecule has 4 heterocycles. The maximum atomic E-state index is 13.2. The van der Waals surface area contributed by atoms with E-state index in [-0.39, 0.29) is 77.5 Å². The molecule has 0 aliphatic rings. The van der Waals surface area contributed by atoms with Gasteiger partial charge in [-0.05, 0) is 149 Å². The van der Waals surface area contributed by atoms with E-state index in [0.29, 0.717) is 21.5 Å². The SMILES string of the molecule is C.Cc1cc2c(cc(OS(=O)(=O)C(F)(F)F)c3c4ccsc4ccc23)c2ccc3sccc3c12.Oc1cc2c(cc(O)c3c4ccsc4ccc23)c2ccc3sccc3c12.[H-].[K+]. The second kappa shape index (κ2) is 15.3. The Labute approximate surface area is 405 Å². The van der Waals surface area contributed by atoms with Crippen LogP contribution in [0.15, 0.2) is 119 Å². The zero-order valence-corrected chi connectivity index (χ0v) is 38.5. The first-order valence-electron chi connectivity index (χ1n) is 18.1. The van der Waals surface area contributed by atoms with Crippen molar-refractivity contribution in [1.82, 2.24) is 0 Å². The number of halogens is 3. The van der Waals surface area contributed by atoms with Crippen molar-refractivity contribution >= 4 is 160 Å². The smallest absolute Gasteiger partial charge is 1.00 e. The van der Waals surface area contributed by atoms with Gasteiger partial charge in [0.1, 0.15) is 11.5 Å². The Morgan fingerprint density at radius 3 is 1.26 bits per heavy atom. The third kappa shape index (κ3) is 6.52. The van der Waals surface area contributed by atoms with Gasteiger partial charge in [0, 0.05) is 56.5 Å². The molecule has 12 rings (SSSR count). The maximum absolute atomic E-state index is 13.2. The van der Waals surface area contributed by atoms with Crippen LogP contribution in [0.1, 0.15) is 14.4 Å². The quantitative estimate of drug-likeness (QED) is 0.0781. The number of aryl methyl sites for hydroxylation is 1. The molecule has 12 aromatic rings. The summed E-state index contributed by atoms with van der Waals surface area (Å²) >= 11 is 6.36. The summed E-state index contributed by atoms with van der Waals surface area (Å²) in [5, 5.41) is 43.2. The topological polar surface area (TPSA) is 83.8 Å². The fourth-order valence-corrected chi connectivity index (χ4v) is 12.3. The van der Waals surface area contributed by atoms with Crippen molar-refractivity contribution < 1.29 is 88.8 Å². The molecule has 61 heavy (non-hydrogen) atoms. The van der Waals surface area contributed by atoms with Gasteiger partial charge in [-0.25, -0.2) is 0 Å². The molecule has 300 valence electrons. The van der Waals surface area contributed by atoms with Gasteiger partial charge in [-0.15, -0.1) is 45.3 Å². The predicted molar refractivity (Wildman–Crippen MR) is 251 cm³/mol. The number of rotatable bonds is 2. The first kappa shape index (κ1) is 42.2. The number of aromatic hydroxyl groups is 2. The molecule has 0 fully saturated rings. The van der Waals surface area contributed by atoms with Crippen molar-refractivity contribution in [2.45, 2.75) is 19.9 Å². The number of hydrogen-bond acceptors (Lipinski definition) is 9. The number of phenols is 2. The van der Waals surface area contributed by atoms with E-state index in [1.165, 1.54) is 17.4 Å². The summed E-state index contributed by atoms with van der Waals surface area (Å²) in [5.41, 5.74) is -4.50. The molecule has 0 spiro atoms. The Morgan fingerprint density at radius 2 is 0.836 bits per heavy atom. The summed E-state index contributed by atoms with van der Waals surface area (Å²) in [5.74, 6) is 0.247. The monoisotopic (exact) mass is 930 g/mol. The van der Waals surface area contributed by atoms with Crippen LogP contribution in [0.5, 0.6) is 17.2 Å². The Hall–Kier alpha value is -4.06. The average molecular weight is 931 g/mol. The van der Waals surface area contributed by atoms with Crippen molar-refractivity contribution in [2.75, 3.05) is 0 Å². The second-order valence-corrected chi connectivity index (χ2v) is 19.6. The van der Waals surface area contributed by atoms with E-state index in [1.54, 1.807) is 40.1 Å². The van der Waals surface area contributed by atoms with Crippen molar-refractivity contribution in [3.05, 3.63) is 124 Å². The molecular formula is C47H30F3KO5S5. The summed E-state index contributed by atoms with van der Waals surface area (Å²) in [6, 6.07) is 30.9. The Balaban J connectivity index is 0.000000166. The van der Waals surface area contributed by atoms with Crippen LogP contribution in [0.3, 0.4) is 0 Å². The minimum atomic E-state index is -5.84. The van der Waals surface area contributed by atoms with E-state index in [1.807, 2.05) is 101 Å². The second-order valence-electron chi connectivity index (χ2n) is 14.3. The number of benzene rings is 8. The van der Waals surface area contributed by atoms with Crippen molar-refractivity contribution in [3.8, 4) is 17.2 Å². The standard InChI is InChI=1S/C24H13F3O3S3.C22H12O2S2.CH4.K.H/c1-12-10-17-14-3-5-21-16(7-9-32-21)23(14)19(30-33(28,29)24(25,26)27)11-18(17)13-2-4-20-15(22(12)13)6-8-31-20;23-17-10-16-12-2-4-20-14(6-8-26-20)22(12)18(24)9-15(16)11-1-3-19-13(21(11)17)5-7-25-19;;;/h2-11H,1H3;1-10,23-24H;1H4;;/q;;;+1;-1. The van der Waals surface area contributed by atoms with Crippen molar-refractivity contribution in [1.29, 1.82) is 0 Å². The average Bonchev–Trinajstić information content (AvgIpc) is 4.05. The summed E-state index contributed by atoms with van der Waals surface area (Å²) in [6.07, 6.45) is 0. The summed E-state index contributed by atoms with van der Waals surface area (Å²) in [6.45, 7) is 2.01. The fraction of sp³-hybridized carbons (Fsp3) is 0.0638. The van der Waals surface area contributed by atoms with Gasteiger partial charge in [0.2, 0.25) is 0 Å². The molecule has 0 bridgehead atoms. The maximum Gasteiger partial charge on any atom is 1.00 e. The van der Waals surface area contributed by atoms with E-state index in [2.05, 4.69) is 12.1 Å². The number of thiophene rings is 4. The largest absolute Gasteiger partial charge is 1.00 e. The van der Waals surface area contributed by atoms with Gasteiger partial charge in [-0.3, -0.25) is 0 Å². The van der Waals surface area contributed by atoms with Gasteiger partial charge in [-0.1, -0.05) is 37.8 Å².